The lowest BCUT2D eigenvalue weighted by Gasteiger charge is -2.08. The summed E-state index contributed by atoms with van der Waals surface area (Å²) in [6.45, 7) is 0.0599. The number of non-ortho nitro benzene ring substituents is 1. The molecule has 4 aromatic rings. The molecule has 0 spiro atoms. The SMILES string of the molecule is O=[N+]([O-])c1ccc(-c2noc(-c3ccc(COc4c(Cl)cc(Cl)cc4Cl)o3)n2)cc1. The van der Waals surface area contributed by atoms with Gasteiger partial charge in [-0.2, -0.15) is 4.98 Å². The van der Waals surface area contributed by atoms with E-state index in [0.29, 0.717) is 27.9 Å². The summed E-state index contributed by atoms with van der Waals surface area (Å²) in [5.74, 6) is 1.52. The molecule has 8 nitrogen and oxygen atoms in total. The average Bonchev–Trinajstić information content (AvgIpc) is 3.37. The number of furan rings is 1. The number of ether oxygens (including phenoxy) is 1. The van der Waals surface area contributed by atoms with E-state index in [1.165, 1.54) is 36.4 Å². The molecule has 0 unspecified atom stereocenters. The first-order valence-electron chi connectivity index (χ1n) is 8.35. The van der Waals surface area contributed by atoms with E-state index in [1.807, 2.05) is 0 Å². The second-order valence-corrected chi connectivity index (χ2v) is 7.23. The number of halogens is 3. The second-order valence-electron chi connectivity index (χ2n) is 5.98. The van der Waals surface area contributed by atoms with E-state index in [4.69, 9.17) is 48.5 Å². The number of aromatic nitrogens is 2. The molecular formula is C19H10Cl3N3O5. The van der Waals surface area contributed by atoms with E-state index in [1.54, 1.807) is 12.1 Å². The Hall–Kier alpha value is -3.07. The summed E-state index contributed by atoms with van der Waals surface area (Å²) >= 11 is 18.1. The number of benzene rings is 2. The molecule has 0 aliphatic carbocycles. The Morgan fingerprint density at radius 2 is 1.73 bits per heavy atom. The Morgan fingerprint density at radius 3 is 2.40 bits per heavy atom. The van der Waals surface area contributed by atoms with Crippen LogP contribution in [0.25, 0.3) is 23.0 Å². The molecule has 2 aromatic heterocycles. The number of hydrogen-bond acceptors (Lipinski definition) is 7. The van der Waals surface area contributed by atoms with Crippen LogP contribution < -0.4 is 4.74 Å². The topological polar surface area (TPSA) is 104 Å². The maximum atomic E-state index is 10.7. The number of nitro groups is 1. The average molecular weight is 467 g/mol. The van der Waals surface area contributed by atoms with Gasteiger partial charge in [0.05, 0.1) is 15.0 Å². The highest BCUT2D eigenvalue weighted by Gasteiger charge is 2.16. The predicted molar refractivity (Wildman–Crippen MR) is 110 cm³/mol. The number of rotatable bonds is 6. The van der Waals surface area contributed by atoms with Crippen molar-refractivity contribution in [1.29, 1.82) is 0 Å². The third-order valence-corrected chi connectivity index (χ3v) is 4.74. The minimum atomic E-state index is -0.484. The Labute approximate surface area is 184 Å². The van der Waals surface area contributed by atoms with Crippen LogP contribution in [0.1, 0.15) is 5.76 Å². The van der Waals surface area contributed by atoms with Crippen LogP contribution in [0.2, 0.25) is 15.1 Å². The van der Waals surface area contributed by atoms with E-state index < -0.39 is 4.92 Å². The fraction of sp³-hybridized carbons (Fsp3) is 0.0526. The Morgan fingerprint density at radius 1 is 1.03 bits per heavy atom. The Balaban J connectivity index is 1.48. The fourth-order valence-electron chi connectivity index (χ4n) is 2.55. The van der Waals surface area contributed by atoms with Crippen LogP contribution in [0.15, 0.2) is 57.5 Å². The zero-order valence-corrected chi connectivity index (χ0v) is 17.1. The molecule has 0 saturated carbocycles. The Kier molecular flexibility index (Phi) is 5.63. The minimum Gasteiger partial charge on any atom is -0.483 e. The normalized spacial score (nSPS) is 10.9. The summed E-state index contributed by atoms with van der Waals surface area (Å²) in [5.41, 5.74) is 0.539. The quantitative estimate of drug-likeness (QED) is 0.238. The highest BCUT2D eigenvalue weighted by molar-refractivity contribution is 6.40. The first-order chi connectivity index (χ1) is 14.4. The van der Waals surface area contributed by atoms with Gasteiger partial charge in [-0.3, -0.25) is 10.1 Å². The number of hydrogen-bond donors (Lipinski definition) is 0. The van der Waals surface area contributed by atoms with Gasteiger partial charge in [-0.1, -0.05) is 40.0 Å². The van der Waals surface area contributed by atoms with Gasteiger partial charge in [0.1, 0.15) is 12.4 Å². The molecule has 0 radical (unpaired) electrons. The van der Waals surface area contributed by atoms with E-state index in [0.717, 1.165) is 0 Å². The van der Waals surface area contributed by atoms with E-state index >= 15 is 0 Å². The van der Waals surface area contributed by atoms with Crippen molar-refractivity contribution < 1.29 is 18.6 Å². The molecule has 4 rings (SSSR count). The molecule has 0 fully saturated rings. The zero-order valence-electron chi connectivity index (χ0n) is 14.8. The third kappa shape index (κ3) is 4.25. The van der Waals surface area contributed by atoms with Crippen molar-refractivity contribution in [2.75, 3.05) is 0 Å². The van der Waals surface area contributed by atoms with Crippen molar-refractivity contribution in [2.45, 2.75) is 6.61 Å². The lowest BCUT2D eigenvalue weighted by Crippen LogP contribution is -1.95. The Bertz CT molecular complexity index is 1200. The van der Waals surface area contributed by atoms with Gasteiger partial charge in [0.15, 0.2) is 11.5 Å². The summed E-state index contributed by atoms with van der Waals surface area (Å²) < 4.78 is 16.5. The first-order valence-corrected chi connectivity index (χ1v) is 9.49. The van der Waals surface area contributed by atoms with Gasteiger partial charge in [-0.15, -0.1) is 0 Å². The molecule has 0 atom stereocenters. The minimum absolute atomic E-state index is 0.0287. The van der Waals surface area contributed by atoms with Gasteiger partial charge in [-0.05, 0) is 36.4 Å². The van der Waals surface area contributed by atoms with Crippen LogP contribution >= 0.6 is 34.8 Å². The number of nitro benzene ring substituents is 1. The molecule has 0 aliphatic heterocycles. The molecule has 0 saturated heterocycles. The van der Waals surface area contributed by atoms with Gasteiger partial charge in [0.2, 0.25) is 5.82 Å². The highest BCUT2D eigenvalue weighted by Crippen LogP contribution is 2.36. The highest BCUT2D eigenvalue weighted by atomic mass is 35.5. The molecule has 152 valence electrons. The molecule has 0 amide bonds. The van der Waals surface area contributed by atoms with Crippen molar-refractivity contribution in [3.63, 3.8) is 0 Å². The standard InChI is InChI=1S/C19H10Cl3N3O5/c20-11-7-14(21)17(15(22)8-11)28-9-13-5-6-16(29-13)19-23-18(24-30-19)10-1-3-12(4-2-10)25(26)27/h1-8H,9H2. The lowest BCUT2D eigenvalue weighted by molar-refractivity contribution is -0.384. The van der Waals surface area contributed by atoms with Crippen molar-refractivity contribution in [3.8, 4) is 28.8 Å². The maximum absolute atomic E-state index is 10.7. The van der Waals surface area contributed by atoms with Crippen LogP contribution in [-0.4, -0.2) is 15.1 Å². The van der Waals surface area contributed by atoms with Crippen LogP contribution in [0.4, 0.5) is 5.69 Å². The first kappa shape index (κ1) is 20.2. The van der Waals surface area contributed by atoms with Crippen molar-refractivity contribution in [1.82, 2.24) is 10.1 Å². The van der Waals surface area contributed by atoms with Gasteiger partial charge >= 0.3 is 0 Å². The van der Waals surface area contributed by atoms with Crippen LogP contribution in [0.3, 0.4) is 0 Å². The summed E-state index contributed by atoms with van der Waals surface area (Å²) in [6.07, 6.45) is 0. The van der Waals surface area contributed by atoms with Crippen molar-refractivity contribution in [2.24, 2.45) is 0 Å². The van der Waals surface area contributed by atoms with Gasteiger partial charge in [0.25, 0.3) is 11.6 Å². The molecule has 2 aromatic carbocycles. The molecular weight excluding hydrogens is 457 g/mol. The predicted octanol–water partition coefficient (Wildman–Crippen LogP) is 6.44. The van der Waals surface area contributed by atoms with E-state index in [-0.39, 0.29) is 34.1 Å². The summed E-state index contributed by atoms with van der Waals surface area (Å²) in [7, 11) is 0. The second kappa shape index (κ2) is 8.35. The molecule has 30 heavy (non-hydrogen) atoms. The van der Waals surface area contributed by atoms with Gasteiger partial charge in [0, 0.05) is 22.7 Å². The monoisotopic (exact) mass is 465 g/mol. The van der Waals surface area contributed by atoms with Crippen molar-refractivity contribution >= 4 is 40.5 Å². The summed E-state index contributed by atoms with van der Waals surface area (Å²) in [6, 6.07) is 12.2. The lowest BCUT2D eigenvalue weighted by atomic mass is 10.2. The summed E-state index contributed by atoms with van der Waals surface area (Å²) in [4.78, 5) is 14.5. The van der Waals surface area contributed by atoms with Gasteiger partial charge < -0.3 is 13.7 Å². The molecule has 0 aliphatic rings. The van der Waals surface area contributed by atoms with Crippen molar-refractivity contribution in [3.05, 3.63) is 79.5 Å². The van der Waals surface area contributed by atoms with E-state index in [2.05, 4.69) is 10.1 Å². The summed E-state index contributed by atoms with van der Waals surface area (Å²) in [5, 5.41) is 15.6. The molecule has 2 heterocycles. The maximum Gasteiger partial charge on any atom is 0.293 e. The smallest absolute Gasteiger partial charge is 0.293 e. The van der Waals surface area contributed by atoms with Crippen LogP contribution in [0.5, 0.6) is 5.75 Å². The largest absolute Gasteiger partial charge is 0.483 e. The zero-order chi connectivity index (χ0) is 21.3. The van der Waals surface area contributed by atoms with E-state index in [9.17, 15) is 10.1 Å². The third-order valence-electron chi connectivity index (χ3n) is 3.96. The molecule has 0 N–H and O–H groups in total. The van der Waals surface area contributed by atoms with Gasteiger partial charge in [-0.25, -0.2) is 0 Å². The fourth-order valence-corrected chi connectivity index (χ4v) is 3.48. The van der Waals surface area contributed by atoms with Crippen LogP contribution in [-0.2, 0) is 6.61 Å². The number of nitrogens with zero attached hydrogens (tertiary/aromatic N) is 3. The molecule has 0 bridgehead atoms. The van der Waals surface area contributed by atoms with Crippen LogP contribution in [0, 0.1) is 10.1 Å². The molecule has 11 heteroatoms.